The quantitative estimate of drug-likeness (QED) is 0.755. The van der Waals surface area contributed by atoms with Crippen molar-refractivity contribution in [2.75, 3.05) is 10.6 Å². The Balaban J connectivity index is 1.89. The summed E-state index contributed by atoms with van der Waals surface area (Å²) in [6.07, 6.45) is -3.38. The molecule has 3 rings (SSSR count). The summed E-state index contributed by atoms with van der Waals surface area (Å²) in [5.41, 5.74) is 0.635. The van der Waals surface area contributed by atoms with E-state index in [0.717, 1.165) is 30.5 Å². The van der Waals surface area contributed by atoms with E-state index in [-0.39, 0.29) is 17.2 Å². The first kappa shape index (κ1) is 21.1. The molecule has 0 saturated carbocycles. The van der Waals surface area contributed by atoms with Gasteiger partial charge in [0, 0.05) is 11.6 Å². The number of hydrogen-bond donors (Lipinski definition) is 1. The van der Waals surface area contributed by atoms with Gasteiger partial charge in [-0.2, -0.15) is 13.2 Å². The van der Waals surface area contributed by atoms with E-state index in [1.54, 1.807) is 6.92 Å². The summed E-state index contributed by atoms with van der Waals surface area (Å²) in [5.74, 6) is -1.66. The molecule has 5 nitrogen and oxygen atoms in total. The number of carbonyl (C=O) groups excluding carboxylic acids is 1. The first-order valence-electron chi connectivity index (χ1n) is 8.63. The van der Waals surface area contributed by atoms with Crippen LogP contribution in [0.2, 0.25) is 0 Å². The van der Waals surface area contributed by atoms with Crippen molar-refractivity contribution in [1.82, 2.24) is 5.32 Å². The van der Waals surface area contributed by atoms with Crippen molar-refractivity contribution in [3.63, 3.8) is 0 Å². The molecule has 0 spiro atoms. The maximum atomic E-state index is 13.5. The van der Waals surface area contributed by atoms with E-state index in [0.29, 0.717) is 17.7 Å². The summed E-state index contributed by atoms with van der Waals surface area (Å²) in [7, 11) is -3.52. The summed E-state index contributed by atoms with van der Waals surface area (Å²) in [4.78, 5) is 12.5. The van der Waals surface area contributed by atoms with Crippen molar-refractivity contribution in [2.24, 2.45) is 0 Å². The SMILES string of the molecule is CC1Cc2cc(C(=O)NC(c3ccc(F)cc3)C(F)(F)F)ccc2N1S(C)(=O)=O. The lowest BCUT2D eigenvalue weighted by Gasteiger charge is -2.23. The largest absolute Gasteiger partial charge is 0.412 e. The van der Waals surface area contributed by atoms with Gasteiger partial charge in [0.15, 0.2) is 6.04 Å². The molecule has 0 radical (unpaired) electrons. The van der Waals surface area contributed by atoms with Gasteiger partial charge in [-0.3, -0.25) is 9.10 Å². The summed E-state index contributed by atoms with van der Waals surface area (Å²) in [5, 5.41) is 1.93. The van der Waals surface area contributed by atoms with Gasteiger partial charge in [0.2, 0.25) is 10.0 Å². The Labute approximate surface area is 165 Å². The van der Waals surface area contributed by atoms with Gasteiger partial charge in [0.1, 0.15) is 5.82 Å². The van der Waals surface area contributed by atoms with E-state index in [2.05, 4.69) is 0 Å². The van der Waals surface area contributed by atoms with Gasteiger partial charge in [-0.1, -0.05) is 12.1 Å². The molecule has 156 valence electrons. The maximum Gasteiger partial charge on any atom is 0.412 e. The monoisotopic (exact) mass is 430 g/mol. The number of benzene rings is 2. The van der Waals surface area contributed by atoms with Gasteiger partial charge in [-0.15, -0.1) is 0 Å². The van der Waals surface area contributed by atoms with Crippen molar-refractivity contribution in [3.8, 4) is 0 Å². The van der Waals surface area contributed by atoms with Crippen molar-refractivity contribution in [2.45, 2.75) is 31.6 Å². The average molecular weight is 430 g/mol. The van der Waals surface area contributed by atoms with Crippen LogP contribution in [0.25, 0.3) is 0 Å². The lowest BCUT2D eigenvalue weighted by Crippen LogP contribution is -2.38. The molecule has 0 aliphatic carbocycles. The number of hydrogen-bond acceptors (Lipinski definition) is 3. The highest BCUT2D eigenvalue weighted by atomic mass is 32.2. The second-order valence-corrected chi connectivity index (χ2v) is 8.81. The van der Waals surface area contributed by atoms with Crippen molar-refractivity contribution in [3.05, 3.63) is 65.0 Å². The molecule has 2 atom stereocenters. The van der Waals surface area contributed by atoms with Crippen molar-refractivity contribution < 1.29 is 30.8 Å². The molecular formula is C19H18F4N2O3S. The molecule has 1 aliphatic heterocycles. The number of nitrogens with zero attached hydrogens (tertiary/aromatic N) is 1. The number of halogens is 4. The maximum absolute atomic E-state index is 13.5. The molecule has 0 bridgehead atoms. The van der Waals surface area contributed by atoms with E-state index in [1.165, 1.54) is 22.5 Å². The normalized spacial score (nSPS) is 17.7. The van der Waals surface area contributed by atoms with Crippen LogP contribution in [0.3, 0.4) is 0 Å². The Hall–Kier alpha value is -2.62. The Kier molecular flexibility index (Phi) is 5.33. The molecule has 1 heterocycles. The molecule has 2 aromatic rings. The van der Waals surface area contributed by atoms with Crippen LogP contribution in [0.4, 0.5) is 23.2 Å². The summed E-state index contributed by atoms with van der Waals surface area (Å²) >= 11 is 0. The number of alkyl halides is 3. The van der Waals surface area contributed by atoms with Crippen LogP contribution in [0.1, 0.15) is 34.5 Å². The van der Waals surface area contributed by atoms with Crippen LogP contribution in [-0.2, 0) is 16.4 Å². The second kappa shape index (κ2) is 7.33. The highest BCUT2D eigenvalue weighted by Crippen LogP contribution is 2.36. The lowest BCUT2D eigenvalue weighted by molar-refractivity contribution is -0.155. The summed E-state index contributed by atoms with van der Waals surface area (Å²) < 4.78 is 78.5. The fraction of sp³-hybridized carbons (Fsp3) is 0.316. The fourth-order valence-corrected chi connectivity index (χ4v) is 4.74. The van der Waals surface area contributed by atoms with Crippen LogP contribution in [0.5, 0.6) is 0 Å². The second-order valence-electron chi connectivity index (χ2n) is 6.96. The van der Waals surface area contributed by atoms with E-state index >= 15 is 0 Å². The summed E-state index contributed by atoms with van der Waals surface area (Å²) in [6, 6.07) is 5.11. The third-order valence-corrected chi connectivity index (χ3v) is 5.93. The van der Waals surface area contributed by atoms with Gasteiger partial charge in [-0.05, 0) is 54.8 Å². The number of rotatable bonds is 4. The predicted molar refractivity (Wildman–Crippen MR) is 99.6 cm³/mol. The first-order valence-corrected chi connectivity index (χ1v) is 10.5. The minimum absolute atomic E-state index is 0.0253. The minimum atomic E-state index is -4.79. The van der Waals surface area contributed by atoms with E-state index in [9.17, 15) is 30.8 Å². The fourth-order valence-electron chi connectivity index (χ4n) is 3.47. The number of sulfonamides is 1. The molecule has 1 N–H and O–H groups in total. The Morgan fingerprint density at radius 2 is 1.79 bits per heavy atom. The molecular weight excluding hydrogens is 412 g/mol. The Morgan fingerprint density at radius 1 is 1.17 bits per heavy atom. The molecule has 1 aliphatic rings. The number of carbonyl (C=O) groups is 1. The number of amides is 1. The highest BCUT2D eigenvalue weighted by molar-refractivity contribution is 7.92. The third kappa shape index (κ3) is 4.36. The molecule has 29 heavy (non-hydrogen) atoms. The Bertz CT molecular complexity index is 1040. The number of anilines is 1. The van der Waals surface area contributed by atoms with Gasteiger partial charge in [0.05, 0.1) is 11.9 Å². The van der Waals surface area contributed by atoms with Crippen LogP contribution in [0.15, 0.2) is 42.5 Å². The number of nitrogens with one attached hydrogen (secondary N) is 1. The molecule has 10 heteroatoms. The summed E-state index contributed by atoms with van der Waals surface area (Å²) in [6.45, 7) is 1.70. The van der Waals surface area contributed by atoms with E-state index in [4.69, 9.17) is 0 Å². The van der Waals surface area contributed by atoms with Crippen LogP contribution in [-0.4, -0.2) is 32.8 Å². The molecule has 0 saturated heterocycles. The predicted octanol–water partition coefficient (Wildman–Crippen LogP) is 3.57. The smallest absolute Gasteiger partial charge is 0.337 e. The lowest BCUT2D eigenvalue weighted by atomic mass is 10.0. The van der Waals surface area contributed by atoms with E-state index < -0.39 is 34.0 Å². The third-order valence-electron chi connectivity index (χ3n) is 4.66. The van der Waals surface area contributed by atoms with Crippen LogP contribution >= 0.6 is 0 Å². The zero-order valence-corrected chi connectivity index (χ0v) is 16.3. The first-order chi connectivity index (χ1) is 13.4. The van der Waals surface area contributed by atoms with Gasteiger partial charge in [0.25, 0.3) is 5.91 Å². The van der Waals surface area contributed by atoms with Crippen LogP contribution < -0.4 is 9.62 Å². The zero-order valence-electron chi connectivity index (χ0n) is 15.5. The van der Waals surface area contributed by atoms with Gasteiger partial charge in [-0.25, -0.2) is 12.8 Å². The van der Waals surface area contributed by atoms with Gasteiger partial charge < -0.3 is 5.32 Å². The Morgan fingerprint density at radius 3 is 2.34 bits per heavy atom. The van der Waals surface area contributed by atoms with Crippen molar-refractivity contribution in [1.29, 1.82) is 0 Å². The van der Waals surface area contributed by atoms with Crippen LogP contribution in [0, 0.1) is 5.82 Å². The molecule has 2 unspecified atom stereocenters. The zero-order chi connectivity index (χ0) is 21.6. The molecule has 0 fully saturated rings. The highest BCUT2D eigenvalue weighted by Gasteiger charge is 2.42. The standard InChI is InChI=1S/C19H18F4N2O3S/c1-11-9-14-10-13(5-8-16(14)25(11)29(2,27)28)18(26)24-17(19(21,22)23)12-3-6-15(20)7-4-12/h3-8,10-11,17H,9H2,1-2H3,(H,24,26). The molecule has 1 amide bonds. The van der Waals surface area contributed by atoms with E-state index in [1.807, 2.05) is 5.32 Å². The molecule has 2 aromatic carbocycles. The molecule has 0 aromatic heterocycles. The van der Waals surface area contributed by atoms with Crippen molar-refractivity contribution >= 4 is 21.6 Å². The topological polar surface area (TPSA) is 66.5 Å². The number of fused-ring (bicyclic) bond motifs is 1. The van der Waals surface area contributed by atoms with Gasteiger partial charge >= 0.3 is 6.18 Å². The average Bonchev–Trinajstić information content (AvgIpc) is 2.94. The minimum Gasteiger partial charge on any atom is -0.337 e.